The Labute approximate surface area is 315 Å². The molecule has 0 saturated heterocycles. The average molecular weight is 683 g/mol. The van der Waals surface area contributed by atoms with Crippen LogP contribution in [-0.4, -0.2) is 0 Å². The maximum absolute atomic E-state index is 2.42. The van der Waals surface area contributed by atoms with Crippen molar-refractivity contribution in [3.8, 4) is 55.6 Å². The topological polar surface area (TPSA) is 0 Å². The van der Waals surface area contributed by atoms with E-state index in [2.05, 4.69) is 217 Å². The van der Waals surface area contributed by atoms with Crippen molar-refractivity contribution in [2.75, 3.05) is 0 Å². The second-order valence-electron chi connectivity index (χ2n) is 18.8. The van der Waals surface area contributed by atoms with Gasteiger partial charge in [-0.2, -0.15) is 0 Å². The molecule has 6 aromatic rings. The summed E-state index contributed by atoms with van der Waals surface area (Å²) in [4.78, 5) is 0. The first kappa shape index (κ1) is 37.1. The minimum Gasteiger partial charge on any atom is -0.0579 e. The predicted molar refractivity (Wildman–Crippen MR) is 228 cm³/mol. The van der Waals surface area contributed by atoms with Gasteiger partial charge in [-0.1, -0.05) is 217 Å². The molecule has 0 spiro atoms. The maximum Gasteiger partial charge on any atom is -0.0126 e. The standard InChI is InChI=1S/C52H58/c1-49(2,3)43-29-31-45(47(33-43)51(7,8)9)41-25-21-39(22-26-41)37-17-13-35(14-18-37)36-15-19-38(20-16-36)40-23-27-42(28-24-40)46-32-30-44(50(4,5)6)34-48(46)52(10,11)12/h13-34H,1-12H3. The van der Waals surface area contributed by atoms with Crippen molar-refractivity contribution >= 4 is 0 Å². The van der Waals surface area contributed by atoms with Crippen LogP contribution in [-0.2, 0) is 21.7 Å². The van der Waals surface area contributed by atoms with Crippen LogP contribution in [0.2, 0.25) is 0 Å². The fourth-order valence-electron chi connectivity index (χ4n) is 7.16. The summed E-state index contributed by atoms with van der Waals surface area (Å²) in [5, 5.41) is 0. The molecule has 0 aliphatic carbocycles. The van der Waals surface area contributed by atoms with E-state index in [1.54, 1.807) is 0 Å². The van der Waals surface area contributed by atoms with E-state index in [0.717, 1.165) is 0 Å². The highest BCUT2D eigenvalue weighted by Crippen LogP contribution is 2.39. The summed E-state index contributed by atoms with van der Waals surface area (Å²) in [5.74, 6) is 0. The molecule has 0 bridgehead atoms. The zero-order valence-electron chi connectivity index (χ0n) is 33.7. The molecule has 0 aromatic heterocycles. The zero-order chi connectivity index (χ0) is 37.6. The van der Waals surface area contributed by atoms with Gasteiger partial charge in [0, 0.05) is 0 Å². The molecule has 0 unspecified atom stereocenters. The van der Waals surface area contributed by atoms with E-state index in [0.29, 0.717) is 0 Å². The summed E-state index contributed by atoms with van der Waals surface area (Å²) in [6, 6.07) is 50.2. The van der Waals surface area contributed by atoms with Gasteiger partial charge < -0.3 is 0 Å². The van der Waals surface area contributed by atoms with Gasteiger partial charge in [-0.15, -0.1) is 0 Å². The fourth-order valence-corrected chi connectivity index (χ4v) is 7.16. The summed E-state index contributed by atoms with van der Waals surface area (Å²) in [7, 11) is 0. The minimum atomic E-state index is 0.0593. The Morgan fingerprint density at radius 3 is 0.635 bits per heavy atom. The summed E-state index contributed by atoms with van der Waals surface area (Å²) < 4.78 is 0. The van der Waals surface area contributed by atoms with E-state index in [1.165, 1.54) is 77.9 Å². The molecule has 52 heavy (non-hydrogen) atoms. The van der Waals surface area contributed by atoms with E-state index in [1.807, 2.05) is 0 Å². The molecule has 0 saturated carbocycles. The molecule has 0 amide bonds. The maximum atomic E-state index is 2.42. The lowest BCUT2D eigenvalue weighted by molar-refractivity contribution is 0.569. The highest BCUT2D eigenvalue weighted by atomic mass is 14.3. The fraction of sp³-hybridized carbons (Fsp3) is 0.308. The zero-order valence-corrected chi connectivity index (χ0v) is 33.7. The molecule has 0 heteroatoms. The molecular weight excluding hydrogens is 625 g/mol. The largest absolute Gasteiger partial charge is 0.0579 e. The Kier molecular flexibility index (Phi) is 9.77. The van der Waals surface area contributed by atoms with Crippen molar-refractivity contribution in [2.24, 2.45) is 0 Å². The second kappa shape index (κ2) is 13.7. The van der Waals surface area contributed by atoms with Crippen LogP contribution in [0.3, 0.4) is 0 Å². The lowest BCUT2D eigenvalue weighted by Gasteiger charge is -2.27. The van der Waals surface area contributed by atoms with Crippen LogP contribution in [0.25, 0.3) is 55.6 Å². The van der Waals surface area contributed by atoms with Gasteiger partial charge in [0.15, 0.2) is 0 Å². The second-order valence-corrected chi connectivity index (χ2v) is 18.8. The summed E-state index contributed by atoms with van der Waals surface area (Å²) in [5.41, 5.74) is 18.5. The Morgan fingerprint density at radius 2 is 0.442 bits per heavy atom. The molecule has 0 heterocycles. The van der Waals surface area contributed by atoms with Crippen molar-refractivity contribution in [2.45, 2.75) is 105 Å². The van der Waals surface area contributed by atoms with Crippen molar-refractivity contribution in [3.63, 3.8) is 0 Å². The molecule has 0 nitrogen and oxygen atoms in total. The minimum absolute atomic E-state index is 0.0593. The van der Waals surface area contributed by atoms with Crippen molar-refractivity contribution in [1.29, 1.82) is 0 Å². The molecule has 6 aromatic carbocycles. The molecule has 0 atom stereocenters. The van der Waals surface area contributed by atoms with Crippen molar-refractivity contribution in [3.05, 3.63) is 156 Å². The Hall–Kier alpha value is -4.68. The Bertz CT molecular complexity index is 1980. The first-order valence-electron chi connectivity index (χ1n) is 19.0. The molecule has 0 fully saturated rings. The van der Waals surface area contributed by atoms with Crippen molar-refractivity contribution in [1.82, 2.24) is 0 Å². The van der Waals surface area contributed by atoms with Gasteiger partial charge in [-0.05, 0) is 99.5 Å². The van der Waals surface area contributed by atoms with Gasteiger partial charge in [0.25, 0.3) is 0 Å². The van der Waals surface area contributed by atoms with Crippen LogP contribution in [0.1, 0.15) is 105 Å². The lowest BCUT2D eigenvalue weighted by Crippen LogP contribution is -2.17. The molecule has 266 valence electrons. The summed E-state index contributed by atoms with van der Waals surface area (Å²) in [6.07, 6.45) is 0. The normalized spacial score (nSPS) is 12.6. The highest BCUT2D eigenvalue weighted by Gasteiger charge is 2.24. The van der Waals surface area contributed by atoms with Gasteiger partial charge in [-0.25, -0.2) is 0 Å². The van der Waals surface area contributed by atoms with Crippen molar-refractivity contribution < 1.29 is 0 Å². The Balaban J connectivity index is 1.18. The van der Waals surface area contributed by atoms with E-state index in [-0.39, 0.29) is 21.7 Å². The number of rotatable bonds is 5. The predicted octanol–water partition coefficient (Wildman–Crippen LogP) is 15.2. The molecule has 6 rings (SSSR count). The van der Waals surface area contributed by atoms with Crippen LogP contribution in [0.4, 0.5) is 0 Å². The molecule has 0 aliphatic rings. The number of hydrogen-bond donors (Lipinski definition) is 0. The summed E-state index contributed by atoms with van der Waals surface area (Å²) in [6.45, 7) is 27.6. The smallest absolute Gasteiger partial charge is 0.0126 e. The van der Waals surface area contributed by atoms with Crippen LogP contribution in [0.5, 0.6) is 0 Å². The first-order chi connectivity index (χ1) is 24.3. The van der Waals surface area contributed by atoms with Gasteiger partial charge in [0.05, 0.1) is 0 Å². The summed E-state index contributed by atoms with van der Waals surface area (Å²) >= 11 is 0. The molecule has 0 radical (unpaired) electrons. The third-order valence-electron chi connectivity index (χ3n) is 10.5. The van der Waals surface area contributed by atoms with E-state index in [4.69, 9.17) is 0 Å². The third-order valence-corrected chi connectivity index (χ3v) is 10.5. The molecular formula is C52H58. The van der Waals surface area contributed by atoms with E-state index in [9.17, 15) is 0 Å². The van der Waals surface area contributed by atoms with Gasteiger partial charge >= 0.3 is 0 Å². The van der Waals surface area contributed by atoms with Crippen LogP contribution >= 0.6 is 0 Å². The third kappa shape index (κ3) is 8.03. The lowest BCUT2D eigenvalue weighted by atomic mass is 9.77. The number of hydrogen-bond acceptors (Lipinski definition) is 0. The molecule has 0 aliphatic heterocycles. The van der Waals surface area contributed by atoms with E-state index < -0.39 is 0 Å². The molecule has 0 N–H and O–H groups in total. The van der Waals surface area contributed by atoms with E-state index >= 15 is 0 Å². The number of benzene rings is 6. The monoisotopic (exact) mass is 682 g/mol. The SMILES string of the molecule is CC(C)(C)c1ccc(-c2ccc(-c3ccc(-c4ccc(-c5ccc(-c6ccc(C(C)(C)C)cc6C(C)(C)C)cc5)cc4)cc3)cc2)c(C(C)(C)C)c1. The van der Waals surface area contributed by atoms with Crippen LogP contribution in [0.15, 0.2) is 133 Å². The van der Waals surface area contributed by atoms with Gasteiger partial charge in [-0.3, -0.25) is 0 Å². The Morgan fingerprint density at radius 1 is 0.231 bits per heavy atom. The van der Waals surface area contributed by atoms with Crippen LogP contribution in [0, 0.1) is 0 Å². The van der Waals surface area contributed by atoms with Gasteiger partial charge in [0.1, 0.15) is 0 Å². The highest BCUT2D eigenvalue weighted by molar-refractivity contribution is 5.77. The first-order valence-corrected chi connectivity index (χ1v) is 19.0. The average Bonchev–Trinajstić information content (AvgIpc) is 3.10. The quantitative estimate of drug-likeness (QED) is 0.170. The van der Waals surface area contributed by atoms with Gasteiger partial charge in [0.2, 0.25) is 0 Å². The van der Waals surface area contributed by atoms with Crippen LogP contribution < -0.4 is 0 Å².